The highest BCUT2D eigenvalue weighted by Crippen LogP contribution is 2.05. The fraction of sp³-hybridized carbons (Fsp3) is 0.263. The van der Waals surface area contributed by atoms with Crippen molar-refractivity contribution in [3.05, 3.63) is 71.5 Å². The van der Waals surface area contributed by atoms with E-state index in [0.717, 1.165) is 5.56 Å². The first-order chi connectivity index (χ1) is 12.1. The Labute approximate surface area is 170 Å². The molecule has 2 N–H and O–H groups in total. The van der Waals surface area contributed by atoms with E-state index < -0.39 is 0 Å². The minimum Gasteiger partial charge on any atom is -0.352 e. The number of aliphatic imine (C=N–C) groups is 1. The summed E-state index contributed by atoms with van der Waals surface area (Å²) >= 11 is 0. The maximum absolute atomic E-state index is 13.7. The first-order valence-electron chi connectivity index (χ1n) is 8.06. The van der Waals surface area contributed by atoms with E-state index in [1.807, 2.05) is 30.3 Å². The minimum absolute atomic E-state index is 0. The lowest BCUT2D eigenvalue weighted by molar-refractivity contribution is -0.127. The van der Waals surface area contributed by atoms with Crippen LogP contribution in [-0.2, 0) is 17.9 Å². The van der Waals surface area contributed by atoms with Gasteiger partial charge in [-0.2, -0.15) is 0 Å². The second-order valence-corrected chi connectivity index (χ2v) is 5.74. The van der Waals surface area contributed by atoms with E-state index >= 15 is 0 Å². The molecule has 2 aromatic carbocycles. The molecule has 0 fully saturated rings. The summed E-state index contributed by atoms with van der Waals surface area (Å²) in [6.07, 6.45) is 0. The standard InChI is InChI=1S/C19H23FN4O.HI/c1-24(2)18(25)14-23-19(21-12-15-8-4-3-5-9-15)22-13-16-10-6-7-11-17(16)20;/h3-11H,12-14H2,1-2H3,(H2,21,22,23);1H. The maximum atomic E-state index is 13.7. The van der Waals surface area contributed by atoms with Gasteiger partial charge in [0.15, 0.2) is 5.96 Å². The molecule has 0 saturated carbocycles. The topological polar surface area (TPSA) is 56.7 Å². The Bertz CT molecular complexity index is 722. The van der Waals surface area contributed by atoms with E-state index in [1.165, 1.54) is 11.0 Å². The lowest BCUT2D eigenvalue weighted by Gasteiger charge is -2.15. The van der Waals surface area contributed by atoms with Gasteiger partial charge in [-0.3, -0.25) is 4.79 Å². The quantitative estimate of drug-likeness (QED) is 0.388. The van der Waals surface area contributed by atoms with Crippen LogP contribution in [0.1, 0.15) is 11.1 Å². The highest BCUT2D eigenvalue weighted by atomic mass is 127. The third kappa shape index (κ3) is 7.38. The molecule has 0 aliphatic heterocycles. The van der Waals surface area contributed by atoms with E-state index in [0.29, 0.717) is 18.1 Å². The molecule has 2 aromatic rings. The summed E-state index contributed by atoms with van der Waals surface area (Å²) in [7, 11) is 3.38. The van der Waals surface area contributed by atoms with Gasteiger partial charge in [0.05, 0.1) is 13.1 Å². The molecule has 7 heteroatoms. The summed E-state index contributed by atoms with van der Waals surface area (Å²) in [6.45, 7) is 0.859. The minimum atomic E-state index is -0.276. The summed E-state index contributed by atoms with van der Waals surface area (Å²) in [4.78, 5) is 17.7. The second-order valence-electron chi connectivity index (χ2n) is 5.74. The number of halogens is 2. The molecule has 0 aliphatic rings. The van der Waals surface area contributed by atoms with Crippen molar-refractivity contribution in [2.75, 3.05) is 20.6 Å². The lowest BCUT2D eigenvalue weighted by atomic mass is 10.2. The number of hydrogen-bond acceptors (Lipinski definition) is 2. The predicted octanol–water partition coefficient (Wildman–Crippen LogP) is 2.77. The van der Waals surface area contributed by atoms with Gasteiger partial charge in [-0.15, -0.1) is 24.0 Å². The number of carbonyl (C=O) groups is 1. The molecule has 0 bridgehead atoms. The van der Waals surface area contributed by atoms with E-state index in [9.17, 15) is 9.18 Å². The third-order valence-electron chi connectivity index (χ3n) is 3.57. The van der Waals surface area contributed by atoms with Gasteiger partial charge < -0.3 is 15.5 Å². The van der Waals surface area contributed by atoms with Crippen LogP contribution in [0.3, 0.4) is 0 Å². The molecule has 5 nitrogen and oxygen atoms in total. The average Bonchev–Trinajstić information content (AvgIpc) is 2.62. The van der Waals surface area contributed by atoms with Crippen LogP contribution in [0.2, 0.25) is 0 Å². The second kappa shape index (κ2) is 11.5. The zero-order valence-electron chi connectivity index (χ0n) is 14.9. The molecule has 0 heterocycles. The molecule has 26 heavy (non-hydrogen) atoms. The Morgan fingerprint density at radius 3 is 2.35 bits per heavy atom. The molecule has 0 radical (unpaired) electrons. The summed E-state index contributed by atoms with van der Waals surface area (Å²) in [5, 5.41) is 6.06. The van der Waals surface area contributed by atoms with Gasteiger partial charge in [-0.25, -0.2) is 9.38 Å². The summed E-state index contributed by atoms with van der Waals surface area (Å²) < 4.78 is 13.7. The van der Waals surface area contributed by atoms with Gasteiger partial charge >= 0.3 is 0 Å². The number of amides is 1. The van der Waals surface area contributed by atoms with Crippen LogP contribution in [0.25, 0.3) is 0 Å². The Morgan fingerprint density at radius 1 is 1.04 bits per heavy atom. The highest BCUT2D eigenvalue weighted by molar-refractivity contribution is 14.0. The Hall–Kier alpha value is -2.16. The van der Waals surface area contributed by atoms with Crippen LogP contribution in [0.15, 0.2) is 59.6 Å². The average molecular weight is 470 g/mol. The van der Waals surface area contributed by atoms with Gasteiger partial charge in [-0.05, 0) is 11.6 Å². The number of hydrogen-bond donors (Lipinski definition) is 2. The molecule has 0 atom stereocenters. The molecule has 2 rings (SSSR count). The molecular formula is C19H24FIN4O. The normalized spacial score (nSPS) is 10.7. The van der Waals surface area contributed by atoms with Crippen LogP contribution >= 0.6 is 24.0 Å². The van der Waals surface area contributed by atoms with Crippen LogP contribution in [0.5, 0.6) is 0 Å². The van der Waals surface area contributed by atoms with Crippen molar-refractivity contribution in [1.82, 2.24) is 15.5 Å². The largest absolute Gasteiger partial charge is 0.352 e. The van der Waals surface area contributed by atoms with Crippen molar-refractivity contribution in [3.8, 4) is 0 Å². The molecule has 0 unspecified atom stereocenters. The fourth-order valence-electron chi connectivity index (χ4n) is 2.07. The van der Waals surface area contributed by atoms with E-state index in [4.69, 9.17) is 0 Å². The smallest absolute Gasteiger partial charge is 0.241 e. The summed E-state index contributed by atoms with van der Waals surface area (Å²) in [5.41, 5.74) is 1.59. The molecule has 140 valence electrons. The summed E-state index contributed by atoms with van der Waals surface area (Å²) in [5.74, 6) is 0.115. The van der Waals surface area contributed by atoms with Gasteiger partial charge in [0.25, 0.3) is 0 Å². The number of nitrogens with zero attached hydrogens (tertiary/aromatic N) is 2. The van der Waals surface area contributed by atoms with Crippen LogP contribution in [0.4, 0.5) is 4.39 Å². The zero-order valence-corrected chi connectivity index (χ0v) is 17.2. The molecular weight excluding hydrogens is 446 g/mol. The third-order valence-corrected chi connectivity index (χ3v) is 3.57. The number of likely N-dealkylation sites (N-methyl/N-ethyl adjacent to an activating group) is 1. The van der Waals surface area contributed by atoms with Crippen molar-refractivity contribution in [2.24, 2.45) is 4.99 Å². The molecule has 0 spiro atoms. The molecule has 1 amide bonds. The number of nitrogens with one attached hydrogen (secondary N) is 2. The van der Waals surface area contributed by atoms with E-state index in [1.54, 1.807) is 32.3 Å². The van der Waals surface area contributed by atoms with Crippen LogP contribution < -0.4 is 10.6 Å². The number of benzene rings is 2. The maximum Gasteiger partial charge on any atom is 0.241 e. The molecule has 0 aromatic heterocycles. The van der Waals surface area contributed by atoms with Gasteiger partial charge in [0.1, 0.15) is 5.82 Å². The Morgan fingerprint density at radius 2 is 1.69 bits per heavy atom. The predicted molar refractivity (Wildman–Crippen MR) is 113 cm³/mol. The molecule has 0 aliphatic carbocycles. The van der Waals surface area contributed by atoms with Crippen molar-refractivity contribution < 1.29 is 9.18 Å². The van der Waals surface area contributed by atoms with Crippen molar-refractivity contribution >= 4 is 35.8 Å². The van der Waals surface area contributed by atoms with Gasteiger partial charge in [-0.1, -0.05) is 48.5 Å². The van der Waals surface area contributed by atoms with Crippen molar-refractivity contribution in [1.29, 1.82) is 0 Å². The Kier molecular flexibility index (Phi) is 9.64. The van der Waals surface area contributed by atoms with Crippen molar-refractivity contribution in [3.63, 3.8) is 0 Å². The number of carbonyl (C=O) groups excluding carboxylic acids is 1. The molecule has 0 saturated heterocycles. The number of guanidine groups is 1. The first kappa shape index (κ1) is 21.9. The Balaban J connectivity index is 0.00000338. The SMILES string of the molecule is CN(C)C(=O)CNC(=NCc1ccccc1)NCc1ccccc1F.I. The van der Waals surface area contributed by atoms with Gasteiger partial charge in [0, 0.05) is 26.2 Å². The zero-order chi connectivity index (χ0) is 18.1. The van der Waals surface area contributed by atoms with Crippen LogP contribution in [0, 0.1) is 5.82 Å². The highest BCUT2D eigenvalue weighted by Gasteiger charge is 2.07. The van der Waals surface area contributed by atoms with Crippen LogP contribution in [-0.4, -0.2) is 37.4 Å². The van der Waals surface area contributed by atoms with Crippen molar-refractivity contribution in [2.45, 2.75) is 13.1 Å². The van der Waals surface area contributed by atoms with E-state index in [-0.39, 0.29) is 48.8 Å². The number of rotatable bonds is 6. The summed E-state index contributed by atoms with van der Waals surface area (Å²) in [6, 6.07) is 16.3. The van der Waals surface area contributed by atoms with E-state index in [2.05, 4.69) is 15.6 Å². The fourth-order valence-corrected chi connectivity index (χ4v) is 2.07. The first-order valence-corrected chi connectivity index (χ1v) is 8.06. The van der Waals surface area contributed by atoms with Gasteiger partial charge in [0.2, 0.25) is 5.91 Å². The lowest BCUT2D eigenvalue weighted by Crippen LogP contribution is -2.42. The monoisotopic (exact) mass is 470 g/mol.